The van der Waals surface area contributed by atoms with Crippen molar-refractivity contribution >= 4 is 33.6 Å². The number of fused-ring (bicyclic) bond motifs is 2. The number of benzene rings is 1. The Labute approximate surface area is 123 Å². The van der Waals surface area contributed by atoms with Crippen molar-refractivity contribution in [1.29, 1.82) is 0 Å². The maximum Gasteiger partial charge on any atom is 0.408 e. The Bertz CT molecular complexity index is 606. The van der Waals surface area contributed by atoms with Crippen LogP contribution in [0.25, 0.3) is 0 Å². The topological polar surface area (TPSA) is 78.9 Å². The Morgan fingerprint density at radius 2 is 2.30 bits per heavy atom. The van der Waals surface area contributed by atoms with Gasteiger partial charge >= 0.3 is 6.09 Å². The van der Waals surface area contributed by atoms with Crippen LogP contribution in [0.1, 0.15) is 12.0 Å². The van der Waals surface area contributed by atoms with E-state index < -0.39 is 17.7 Å². The fourth-order valence-corrected chi connectivity index (χ4v) is 3.22. The molecule has 1 aromatic carbocycles. The van der Waals surface area contributed by atoms with Crippen molar-refractivity contribution in [2.45, 2.75) is 18.1 Å². The molecule has 0 unspecified atom stereocenters. The Hall–Kier alpha value is -1.60. The molecule has 2 aliphatic rings. The van der Waals surface area contributed by atoms with E-state index in [4.69, 9.17) is 4.74 Å². The highest BCUT2D eigenvalue weighted by Gasteiger charge is 2.55. The lowest BCUT2D eigenvalue weighted by Gasteiger charge is -2.36. The molecule has 7 heteroatoms. The van der Waals surface area contributed by atoms with Crippen LogP contribution in [0.3, 0.4) is 0 Å². The van der Waals surface area contributed by atoms with E-state index in [0.29, 0.717) is 0 Å². The summed E-state index contributed by atoms with van der Waals surface area (Å²) in [6.45, 7) is -0.310. The van der Waals surface area contributed by atoms with Gasteiger partial charge in [0.1, 0.15) is 6.10 Å². The Kier molecular flexibility index (Phi) is 2.98. The van der Waals surface area contributed by atoms with E-state index in [1.807, 2.05) is 18.2 Å². The highest BCUT2D eigenvalue weighted by molar-refractivity contribution is 9.10. The van der Waals surface area contributed by atoms with Crippen LogP contribution in [0, 0.1) is 0 Å². The zero-order valence-electron chi connectivity index (χ0n) is 10.7. The minimum Gasteiger partial charge on any atom is -0.444 e. The molecule has 2 atom stereocenters. The first-order chi connectivity index (χ1) is 9.48. The number of aliphatic hydroxyl groups is 1. The first-order valence-electron chi connectivity index (χ1n) is 6.16. The fraction of sp³-hybridized carbons (Fsp3) is 0.385. The third-order valence-corrected chi connectivity index (χ3v) is 4.27. The summed E-state index contributed by atoms with van der Waals surface area (Å²) in [5.41, 5.74) is 0.308. The predicted molar refractivity (Wildman–Crippen MR) is 74.3 cm³/mol. The predicted octanol–water partition coefficient (Wildman–Crippen LogP) is 1.11. The number of nitrogens with zero attached hydrogens (tertiary/aromatic N) is 1. The average Bonchev–Trinajstić information content (AvgIpc) is 2.61. The number of likely N-dealkylation sites (N-methyl/N-ethyl adjacent to an activating group) is 1. The molecular formula is C13H13BrN2O4. The summed E-state index contributed by atoms with van der Waals surface area (Å²) in [5, 5.41) is 11.9. The van der Waals surface area contributed by atoms with Crippen molar-refractivity contribution < 1.29 is 19.4 Å². The van der Waals surface area contributed by atoms with E-state index in [1.54, 1.807) is 7.05 Å². The number of cyclic esters (lactones) is 1. The molecule has 0 bridgehead atoms. The van der Waals surface area contributed by atoms with E-state index in [-0.39, 0.29) is 18.9 Å². The van der Waals surface area contributed by atoms with Gasteiger partial charge in [0.25, 0.3) is 5.91 Å². The standard InChI is InChI=1S/C13H13BrN2O4/c1-16-10-3-2-7(14)4-9(10)13(11(16)18)5-8(6-17)20-12(19)15-13/h2-4,8,17H,5-6H2,1H3,(H,15,19)/t8-,13+/m0/s1. The maximum atomic E-state index is 12.6. The number of nitrogens with one attached hydrogen (secondary N) is 1. The molecule has 1 saturated heterocycles. The number of ether oxygens (including phenoxy) is 1. The van der Waals surface area contributed by atoms with Gasteiger partial charge in [-0.25, -0.2) is 4.79 Å². The van der Waals surface area contributed by atoms with E-state index in [2.05, 4.69) is 21.2 Å². The third kappa shape index (κ3) is 1.73. The zero-order valence-corrected chi connectivity index (χ0v) is 12.3. The van der Waals surface area contributed by atoms with Gasteiger partial charge in [-0.2, -0.15) is 0 Å². The summed E-state index contributed by atoms with van der Waals surface area (Å²) < 4.78 is 5.79. The highest BCUT2D eigenvalue weighted by Crippen LogP contribution is 2.45. The molecule has 1 aromatic rings. The quantitative estimate of drug-likeness (QED) is 0.802. The Morgan fingerprint density at radius 3 is 3.00 bits per heavy atom. The summed E-state index contributed by atoms with van der Waals surface area (Å²) in [4.78, 5) is 25.8. The van der Waals surface area contributed by atoms with Crippen LogP contribution in [-0.4, -0.2) is 36.9 Å². The van der Waals surface area contributed by atoms with Crippen molar-refractivity contribution in [2.24, 2.45) is 0 Å². The lowest BCUT2D eigenvalue weighted by molar-refractivity contribution is -0.127. The lowest BCUT2D eigenvalue weighted by atomic mass is 9.85. The van der Waals surface area contributed by atoms with E-state index >= 15 is 0 Å². The minimum atomic E-state index is -1.16. The monoisotopic (exact) mass is 340 g/mol. The maximum absolute atomic E-state index is 12.6. The van der Waals surface area contributed by atoms with Crippen LogP contribution in [0.4, 0.5) is 10.5 Å². The van der Waals surface area contributed by atoms with E-state index in [0.717, 1.165) is 15.7 Å². The van der Waals surface area contributed by atoms with Gasteiger partial charge in [0, 0.05) is 29.2 Å². The zero-order chi connectivity index (χ0) is 14.5. The van der Waals surface area contributed by atoms with Gasteiger partial charge in [0.05, 0.1) is 6.61 Å². The minimum absolute atomic E-state index is 0.210. The van der Waals surface area contributed by atoms with Gasteiger partial charge in [0.2, 0.25) is 0 Å². The van der Waals surface area contributed by atoms with Crippen LogP contribution in [-0.2, 0) is 15.1 Å². The molecule has 106 valence electrons. The van der Waals surface area contributed by atoms with Crippen molar-refractivity contribution in [3.63, 3.8) is 0 Å². The Morgan fingerprint density at radius 1 is 1.55 bits per heavy atom. The highest BCUT2D eigenvalue weighted by atomic mass is 79.9. The largest absolute Gasteiger partial charge is 0.444 e. The second-order valence-electron chi connectivity index (χ2n) is 4.97. The molecular weight excluding hydrogens is 328 g/mol. The van der Waals surface area contributed by atoms with Crippen molar-refractivity contribution in [3.05, 3.63) is 28.2 Å². The molecule has 2 N–H and O–H groups in total. The van der Waals surface area contributed by atoms with E-state index in [9.17, 15) is 14.7 Å². The molecule has 0 aliphatic carbocycles. The van der Waals surface area contributed by atoms with E-state index in [1.165, 1.54) is 4.90 Å². The normalized spacial score (nSPS) is 28.4. The lowest BCUT2D eigenvalue weighted by Crippen LogP contribution is -2.59. The molecule has 3 rings (SSSR count). The van der Waals surface area contributed by atoms with Crippen LogP contribution < -0.4 is 10.2 Å². The second-order valence-corrected chi connectivity index (χ2v) is 5.89. The molecule has 0 aromatic heterocycles. The molecule has 20 heavy (non-hydrogen) atoms. The van der Waals surface area contributed by atoms with Gasteiger partial charge < -0.3 is 20.1 Å². The first-order valence-corrected chi connectivity index (χ1v) is 6.95. The van der Waals surface area contributed by atoms with Gasteiger partial charge in [-0.15, -0.1) is 0 Å². The number of aliphatic hydroxyl groups excluding tert-OH is 1. The Balaban J connectivity index is 2.15. The number of hydrogen-bond acceptors (Lipinski definition) is 4. The van der Waals surface area contributed by atoms with Crippen LogP contribution in [0.2, 0.25) is 0 Å². The molecule has 0 radical (unpaired) electrons. The first kappa shape index (κ1) is 13.4. The molecule has 2 amide bonds. The summed E-state index contributed by atoms with van der Waals surface area (Å²) in [6.07, 6.45) is -1.17. The van der Waals surface area contributed by atoms with Crippen LogP contribution in [0.15, 0.2) is 22.7 Å². The molecule has 2 aliphatic heterocycles. The third-order valence-electron chi connectivity index (χ3n) is 3.78. The van der Waals surface area contributed by atoms with Gasteiger partial charge in [-0.1, -0.05) is 15.9 Å². The number of carbonyl (C=O) groups excluding carboxylic acids is 2. The summed E-state index contributed by atoms with van der Waals surface area (Å²) in [5.74, 6) is -0.222. The molecule has 1 fully saturated rings. The number of alkyl carbamates (subject to hydrolysis) is 1. The number of anilines is 1. The van der Waals surface area contributed by atoms with Crippen LogP contribution >= 0.6 is 15.9 Å². The average molecular weight is 341 g/mol. The van der Waals surface area contributed by atoms with Crippen molar-refractivity contribution in [1.82, 2.24) is 5.32 Å². The van der Waals surface area contributed by atoms with Crippen molar-refractivity contribution in [2.75, 3.05) is 18.6 Å². The number of halogens is 1. The smallest absolute Gasteiger partial charge is 0.408 e. The van der Waals surface area contributed by atoms with Gasteiger partial charge in [-0.05, 0) is 18.2 Å². The van der Waals surface area contributed by atoms with Gasteiger partial charge in [0.15, 0.2) is 5.54 Å². The fourth-order valence-electron chi connectivity index (χ4n) is 2.86. The molecule has 6 nitrogen and oxygen atoms in total. The molecule has 1 spiro atoms. The van der Waals surface area contributed by atoms with Crippen molar-refractivity contribution in [3.8, 4) is 0 Å². The molecule has 2 heterocycles. The van der Waals surface area contributed by atoms with Gasteiger partial charge in [-0.3, -0.25) is 4.79 Å². The van der Waals surface area contributed by atoms with Crippen LogP contribution in [0.5, 0.6) is 0 Å². The SMILES string of the molecule is CN1C(=O)[C@@]2(C[C@@H](CO)OC(=O)N2)c2cc(Br)ccc21. The second kappa shape index (κ2) is 4.46. The summed E-state index contributed by atoms with van der Waals surface area (Å²) in [6, 6.07) is 5.48. The number of hydrogen-bond donors (Lipinski definition) is 2. The summed E-state index contributed by atoms with van der Waals surface area (Å²) in [7, 11) is 1.67. The number of rotatable bonds is 1. The number of carbonyl (C=O) groups is 2. The summed E-state index contributed by atoms with van der Waals surface area (Å²) >= 11 is 3.38. The number of amides is 2. The molecule has 0 saturated carbocycles.